The molecule has 82 valence electrons. The van der Waals surface area contributed by atoms with Crippen LogP contribution in [-0.4, -0.2) is 39.3 Å². The topological polar surface area (TPSA) is 50.4 Å². The molecule has 0 rings (SSSR count). The van der Waals surface area contributed by atoms with Gasteiger partial charge in [0, 0.05) is 38.7 Å². The number of hydrogen-bond acceptors (Lipinski definition) is 3. The average Bonchev–Trinajstić information content (AvgIpc) is 2.18. The second-order valence-electron chi connectivity index (χ2n) is 2.66. The van der Waals surface area contributed by atoms with Gasteiger partial charge < -0.3 is 15.4 Å². The Morgan fingerprint density at radius 2 is 2.29 bits per heavy atom. The molecule has 0 aliphatic rings. The normalized spacial score (nSPS) is 10.7. The maximum absolute atomic E-state index is 11.1. The molecule has 0 spiro atoms. The summed E-state index contributed by atoms with van der Waals surface area (Å²) in [4.78, 5) is 11.1. The van der Waals surface area contributed by atoms with Crippen LogP contribution in [-0.2, 0) is 9.53 Å². The van der Waals surface area contributed by atoms with Crippen molar-refractivity contribution in [3.63, 3.8) is 0 Å². The zero-order valence-corrected chi connectivity index (χ0v) is 9.14. The standard InChI is InChI=1S/C9H17ClN2O2/c1-14-8-7-12-9(13)3-6-11-5-2-4-10/h2,4,11H,3,5-8H2,1H3,(H,12,13)/b4-2+. The average molecular weight is 221 g/mol. The lowest BCUT2D eigenvalue weighted by molar-refractivity contribution is -0.121. The Hall–Kier alpha value is -0.580. The molecular formula is C9H17ClN2O2. The van der Waals surface area contributed by atoms with E-state index in [2.05, 4.69) is 10.6 Å². The van der Waals surface area contributed by atoms with Crippen LogP contribution in [0.3, 0.4) is 0 Å². The van der Waals surface area contributed by atoms with Crippen LogP contribution in [0.4, 0.5) is 0 Å². The van der Waals surface area contributed by atoms with Gasteiger partial charge >= 0.3 is 0 Å². The second-order valence-corrected chi connectivity index (χ2v) is 2.91. The number of methoxy groups -OCH3 is 1. The summed E-state index contributed by atoms with van der Waals surface area (Å²) in [5.74, 6) is 0.0319. The van der Waals surface area contributed by atoms with Crippen LogP contribution in [0.5, 0.6) is 0 Å². The lowest BCUT2D eigenvalue weighted by atomic mass is 10.4. The van der Waals surface area contributed by atoms with Crippen LogP contribution in [0.1, 0.15) is 6.42 Å². The van der Waals surface area contributed by atoms with E-state index in [0.717, 1.165) is 0 Å². The van der Waals surface area contributed by atoms with Crippen molar-refractivity contribution in [2.75, 3.05) is 33.4 Å². The summed E-state index contributed by atoms with van der Waals surface area (Å²) in [6, 6.07) is 0. The summed E-state index contributed by atoms with van der Waals surface area (Å²) in [5, 5.41) is 5.77. The van der Waals surface area contributed by atoms with Crippen molar-refractivity contribution in [2.45, 2.75) is 6.42 Å². The van der Waals surface area contributed by atoms with Crippen LogP contribution in [0.15, 0.2) is 11.6 Å². The summed E-state index contributed by atoms with van der Waals surface area (Å²) in [7, 11) is 1.60. The van der Waals surface area contributed by atoms with Gasteiger partial charge in [-0.1, -0.05) is 17.7 Å². The van der Waals surface area contributed by atoms with Gasteiger partial charge in [0.05, 0.1) is 6.61 Å². The molecule has 0 bridgehead atoms. The fraction of sp³-hybridized carbons (Fsp3) is 0.667. The predicted molar refractivity (Wildman–Crippen MR) is 57.4 cm³/mol. The first-order chi connectivity index (χ1) is 6.81. The molecule has 0 unspecified atom stereocenters. The highest BCUT2D eigenvalue weighted by Crippen LogP contribution is 1.79. The van der Waals surface area contributed by atoms with Crippen LogP contribution >= 0.6 is 11.6 Å². The highest BCUT2D eigenvalue weighted by Gasteiger charge is 1.98. The predicted octanol–water partition coefficient (Wildman–Crippen LogP) is 0.481. The summed E-state index contributed by atoms with van der Waals surface area (Å²) >= 11 is 5.31. The molecule has 0 radical (unpaired) electrons. The number of carbonyl (C=O) groups excluding carboxylic acids is 1. The first-order valence-corrected chi connectivity index (χ1v) is 4.96. The largest absolute Gasteiger partial charge is 0.383 e. The maximum atomic E-state index is 11.1. The Balaban J connectivity index is 3.18. The minimum atomic E-state index is 0.0319. The van der Waals surface area contributed by atoms with E-state index in [4.69, 9.17) is 16.3 Å². The third-order valence-electron chi connectivity index (χ3n) is 1.51. The van der Waals surface area contributed by atoms with E-state index in [9.17, 15) is 4.79 Å². The van der Waals surface area contributed by atoms with Crippen molar-refractivity contribution < 1.29 is 9.53 Å². The molecule has 14 heavy (non-hydrogen) atoms. The van der Waals surface area contributed by atoms with Crippen LogP contribution in [0.2, 0.25) is 0 Å². The molecule has 5 heteroatoms. The van der Waals surface area contributed by atoms with Gasteiger partial charge in [-0.25, -0.2) is 0 Å². The number of nitrogens with one attached hydrogen (secondary N) is 2. The summed E-state index contributed by atoms with van der Waals surface area (Å²) in [5.41, 5.74) is 1.45. The Labute approximate surface area is 89.6 Å². The van der Waals surface area contributed by atoms with Crippen LogP contribution in [0, 0.1) is 0 Å². The molecule has 0 aromatic rings. The van der Waals surface area contributed by atoms with E-state index in [-0.39, 0.29) is 5.91 Å². The first-order valence-electron chi connectivity index (χ1n) is 4.53. The lowest BCUT2D eigenvalue weighted by Gasteiger charge is -2.04. The fourth-order valence-corrected chi connectivity index (χ4v) is 0.902. The van der Waals surface area contributed by atoms with Crippen LogP contribution in [0.25, 0.3) is 0 Å². The molecule has 1 amide bonds. The molecular weight excluding hydrogens is 204 g/mol. The molecule has 0 saturated heterocycles. The Morgan fingerprint density at radius 1 is 1.50 bits per heavy atom. The molecule has 4 nitrogen and oxygen atoms in total. The molecule has 0 aromatic carbocycles. The van der Waals surface area contributed by atoms with E-state index in [1.807, 2.05) is 0 Å². The second kappa shape index (κ2) is 10.5. The van der Waals surface area contributed by atoms with Crippen molar-refractivity contribution in [3.05, 3.63) is 11.6 Å². The van der Waals surface area contributed by atoms with Gasteiger partial charge in [-0.05, 0) is 0 Å². The lowest BCUT2D eigenvalue weighted by Crippen LogP contribution is -2.30. The molecule has 0 atom stereocenters. The van der Waals surface area contributed by atoms with Gasteiger partial charge in [0.2, 0.25) is 5.91 Å². The fourth-order valence-electron chi connectivity index (χ4n) is 0.813. The van der Waals surface area contributed by atoms with E-state index in [0.29, 0.717) is 32.7 Å². The van der Waals surface area contributed by atoms with Gasteiger partial charge in [-0.3, -0.25) is 4.79 Å². The van der Waals surface area contributed by atoms with E-state index in [1.165, 1.54) is 5.54 Å². The molecule has 0 heterocycles. The number of halogens is 1. The Bertz CT molecular complexity index is 174. The molecule has 0 saturated carbocycles. The molecule has 0 aliphatic carbocycles. The monoisotopic (exact) mass is 220 g/mol. The minimum Gasteiger partial charge on any atom is -0.383 e. The van der Waals surface area contributed by atoms with Crippen molar-refractivity contribution in [2.24, 2.45) is 0 Å². The minimum absolute atomic E-state index is 0.0319. The zero-order chi connectivity index (χ0) is 10.6. The van der Waals surface area contributed by atoms with Crippen molar-refractivity contribution in [1.82, 2.24) is 10.6 Å². The summed E-state index contributed by atoms with van der Waals surface area (Å²) in [6.07, 6.45) is 2.25. The van der Waals surface area contributed by atoms with E-state index < -0.39 is 0 Å². The molecule has 0 aromatic heterocycles. The highest BCUT2D eigenvalue weighted by molar-refractivity contribution is 6.25. The van der Waals surface area contributed by atoms with E-state index in [1.54, 1.807) is 13.2 Å². The Morgan fingerprint density at radius 3 is 2.93 bits per heavy atom. The summed E-state index contributed by atoms with van der Waals surface area (Å²) < 4.78 is 4.80. The van der Waals surface area contributed by atoms with E-state index >= 15 is 0 Å². The van der Waals surface area contributed by atoms with Gasteiger partial charge in [0.1, 0.15) is 0 Å². The van der Waals surface area contributed by atoms with Crippen molar-refractivity contribution in [3.8, 4) is 0 Å². The zero-order valence-electron chi connectivity index (χ0n) is 8.38. The van der Waals surface area contributed by atoms with Gasteiger partial charge in [0.15, 0.2) is 0 Å². The first kappa shape index (κ1) is 13.4. The third kappa shape index (κ3) is 9.51. The highest BCUT2D eigenvalue weighted by atomic mass is 35.5. The quantitative estimate of drug-likeness (QED) is 0.585. The number of carbonyl (C=O) groups is 1. The number of ether oxygens (including phenoxy) is 1. The third-order valence-corrected chi connectivity index (χ3v) is 1.69. The number of hydrogen-bond donors (Lipinski definition) is 2. The van der Waals surface area contributed by atoms with Crippen molar-refractivity contribution >= 4 is 17.5 Å². The molecule has 0 aliphatic heterocycles. The maximum Gasteiger partial charge on any atom is 0.221 e. The number of amides is 1. The van der Waals surface area contributed by atoms with Gasteiger partial charge in [0.25, 0.3) is 0 Å². The summed E-state index contributed by atoms with van der Waals surface area (Å²) in [6.45, 7) is 2.46. The molecule has 2 N–H and O–H groups in total. The Kier molecular flexibility index (Phi) is 10.1. The number of rotatable bonds is 8. The SMILES string of the molecule is COCCNC(=O)CCNC/C=C/Cl. The van der Waals surface area contributed by atoms with Gasteiger partial charge in [-0.2, -0.15) is 0 Å². The van der Waals surface area contributed by atoms with Gasteiger partial charge in [-0.15, -0.1) is 0 Å². The smallest absolute Gasteiger partial charge is 0.221 e. The van der Waals surface area contributed by atoms with Crippen molar-refractivity contribution in [1.29, 1.82) is 0 Å². The van der Waals surface area contributed by atoms with Crippen LogP contribution < -0.4 is 10.6 Å². The molecule has 0 fully saturated rings.